The van der Waals surface area contributed by atoms with Crippen LogP contribution in [0.25, 0.3) is 10.8 Å². The number of nitrogens with zero attached hydrogens (tertiary/aromatic N) is 1. The summed E-state index contributed by atoms with van der Waals surface area (Å²) in [5, 5.41) is 13.4. The number of ether oxygens (including phenoxy) is 2. The van der Waals surface area contributed by atoms with Crippen LogP contribution in [0.5, 0.6) is 11.6 Å². The molecule has 0 unspecified atom stereocenters. The summed E-state index contributed by atoms with van der Waals surface area (Å²) < 4.78 is 38.8. The summed E-state index contributed by atoms with van der Waals surface area (Å²) in [6, 6.07) is 2.28. The van der Waals surface area contributed by atoms with E-state index >= 15 is 0 Å². The number of aromatic nitrogens is 1. The quantitative estimate of drug-likeness (QED) is 0.507. The molecule has 0 spiro atoms. The van der Waals surface area contributed by atoms with Gasteiger partial charge in [0, 0.05) is 29.3 Å². The average molecular weight is 516 g/mol. The van der Waals surface area contributed by atoms with E-state index in [2.05, 4.69) is 22.1 Å². The molecule has 2 amide bonds. The largest absolute Gasteiger partial charge is 0.490 e. The molecular weight excluding hydrogens is 484 g/mol. The van der Waals surface area contributed by atoms with E-state index in [1.54, 1.807) is 26.0 Å². The van der Waals surface area contributed by atoms with E-state index in [0.29, 0.717) is 29.2 Å². The molecule has 0 radical (unpaired) electrons. The first-order valence-corrected chi connectivity index (χ1v) is 12.3. The van der Waals surface area contributed by atoms with Gasteiger partial charge in [0.05, 0.1) is 28.9 Å². The lowest BCUT2D eigenvalue weighted by Crippen LogP contribution is -2.33. The summed E-state index contributed by atoms with van der Waals surface area (Å²) in [6.45, 7) is 5.22. The molecule has 198 valence electrons. The van der Waals surface area contributed by atoms with Crippen molar-refractivity contribution in [3.05, 3.63) is 29.5 Å². The summed E-state index contributed by atoms with van der Waals surface area (Å²) >= 11 is 0. The molecule has 0 bridgehead atoms. The topological polar surface area (TPSA) is 124 Å². The second kappa shape index (κ2) is 10.1. The number of carbonyl (C=O) groups excluding carboxylic acids is 2. The van der Waals surface area contributed by atoms with Gasteiger partial charge in [0.1, 0.15) is 12.4 Å². The predicted octanol–water partition coefficient (Wildman–Crippen LogP) is 3.32. The minimum atomic E-state index is -3.44. The fraction of sp³-hybridized carbons (Fsp3) is 0.519. The first-order chi connectivity index (χ1) is 17.3. The van der Waals surface area contributed by atoms with E-state index in [4.69, 9.17) is 15.2 Å². The number of fused-ring (bicyclic) bond motifs is 1. The highest BCUT2D eigenvalue weighted by Gasteiger charge is 2.48. The van der Waals surface area contributed by atoms with Crippen LogP contribution in [0.15, 0.2) is 18.3 Å². The van der Waals surface area contributed by atoms with Crippen LogP contribution in [0.2, 0.25) is 0 Å². The molecule has 4 N–H and O–H groups in total. The van der Waals surface area contributed by atoms with Gasteiger partial charge in [0.2, 0.25) is 5.88 Å². The van der Waals surface area contributed by atoms with E-state index in [0.717, 1.165) is 12.8 Å². The minimum Gasteiger partial charge on any atom is -0.490 e. The number of nitrogens with two attached hydrogens (primary N) is 1. The summed E-state index contributed by atoms with van der Waals surface area (Å²) in [7, 11) is 0. The number of hydrogen-bond donors (Lipinski definition) is 3. The molecule has 1 aromatic heterocycles. The van der Waals surface area contributed by atoms with Crippen molar-refractivity contribution in [3.8, 4) is 23.5 Å². The zero-order chi connectivity index (χ0) is 27.0. The molecule has 8 nitrogen and oxygen atoms in total. The monoisotopic (exact) mass is 515 g/mol. The molecule has 1 aromatic carbocycles. The molecular formula is C27H31F2N3O5. The molecule has 37 heavy (non-hydrogen) atoms. The van der Waals surface area contributed by atoms with Gasteiger partial charge in [0.25, 0.3) is 11.8 Å². The van der Waals surface area contributed by atoms with Crippen molar-refractivity contribution in [1.82, 2.24) is 10.3 Å². The molecule has 1 aliphatic carbocycles. The molecule has 2 aromatic rings. The van der Waals surface area contributed by atoms with Gasteiger partial charge in [-0.2, -0.15) is 8.78 Å². The Hall–Kier alpha value is -3.45. The summed E-state index contributed by atoms with van der Waals surface area (Å²) in [4.78, 5) is 28.0. The Morgan fingerprint density at radius 3 is 2.59 bits per heavy atom. The molecule has 4 rings (SSSR count). The van der Waals surface area contributed by atoms with Crippen LogP contribution in [0.4, 0.5) is 8.78 Å². The molecule has 1 saturated carbocycles. The SMILES string of the molecule is CC(C)Oc1cc2c(OC[C@@H]3CC(F)(F)C(=O)N3)ncc(C#C[C@H]3CC[C@](C)(O)CC3)c2cc1C(N)=O. The predicted molar refractivity (Wildman–Crippen MR) is 132 cm³/mol. The van der Waals surface area contributed by atoms with Crippen molar-refractivity contribution >= 4 is 22.6 Å². The highest BCUT2D eigenvalue weighted by molar-refractivity contribution is 6.03. The normalized spacial score (nSPS) is 24.9. The fourth-order valence-corrected chi connectivity index (χ4v) is 4.59. The third-order valence-electron chi connectivity index (χ3n) is 6.64. The number of hydrogen-bond acceptors (Lipinski definition) is 6. The van der Waals surface area contributed by atoms with Crippen molar-refractivity contribution < 1.29 is 33.0 Å². The zero-order valence-corrected chi connectivity index (χ0v) is 21.1. The number of rotatable bonds is 6. The maximum atomic E-state index is 13.6. The number of pyridine rings is 1. The van der Waals surface area contributed by atoms with Gasteiger partial charge in [-0.1, -0.05) is 11.8 Å². The number of benzene rings is 1. The number of halogens is 2. The van der Waals surface area contributed by atoms with E-state index in [1.807, 2.05) is 6.92 Å². The van der Waals surface area contributed by atoms with E-state index in [1.165, 1.54) is 6.20 Å². The summed E-state index contributed by atoms with van der Waals surface area (Å²) in [5.41, 5.74) is 5.66. The van der Waals surface area contributed by atoms with E-state index < -0.39 is 35.8 Å². The Bertz CT molecular complexity index is 1270. The Labute approximate surface area is 213 Å². The Morgan fingerprint density at radius 1 is 1.30 bits per heavy atom. The lowest BCUT2D eigenvalue weighted by atomic mass is 9.80. The highest BCUT2D eigenvalue weighted by Crippen LogP contribution is 2.35. The maximum Gasteiger partial charge on any atom is 0.326 e. The van der Waals surface area contributed by atoms with E-state index in [-0.39, 0.29) is 35.8 Å². The van der Waals surface area contributed by atoms with E-state index in [9.17, 15) is 23.5 Å². The smallest absolute Gasteiger partial charge is 0.326 e. The highest BCUT2D eigenvalue weighted by atomic mass is 19.3. The van der Waals surface area contributed by atoms with Crippen LogP contribution in [0, 0.1) is 17.8 Å². The van der Waals surface area contributed by atoms with Crippen LogP contribution in [0.3, 0.4) is 0 Å². The third-order valence-corrected chi connectivity index (χ3v) is 6.64. The van der Waals surface area contributed by atoms with Gasteiger partial charge in [0.15, 0.2) is 0 Å². The Morgan fingerprint density at radius 2 is 2.00 bits per heavy atom. The second-order valence-electron chi connectivity index (χ2n) is 10.3. The lowest BCUT2D eigenvalue weighted by molar-refractivity contribution is -0.139. The van der Waals surface area contributed by atoms with Gasteiger partial charge >= 0.3 is 5.92 Å². The Balaban J connectivity index is 1.70. The Kier molecular flexibility index (Phi) is 7.29. The zero-order valence-electron chi connectivity index (χ0n) is 21.1. The number of aliphatic hydroxyl groups is 1. The number of carbonyl (C=O) groups is 2. The first kappa shape index (κ1) is 26.6. The van der Waals surface area contributed by atoms with Crippen LogP contribution in [-0.2, 0) is 4.79 Å². The number of amides is 2. The fourth-order valence-electron chi connectivity index (χ4n) is 4.59. The molecule has 10 heteroatoms. The van der Waals surface area contributed by atoms with Gasteiger partial charge in [-0.25, -0.2) is 4.98 Å². The summed E-state index contributed by atoms with van der Waals surface area (Å²) in [6.07, 6.45) is 3.43. The average Bonchev–Trinajstić information content (AvgIpc) is 3.07. The minimum absolute atomic E-state index is 0.109. The van der Waals surface area contributed by atoms with Crippen molar-refractivity contribution in [2.24, 2.45) is 11.7 Å². The molecule has 2 fully saturated rings. The third kappa shape index (κ3) is 6.10. The molecule has 2 aliphatic rings. The number of primary amides is 1. The van der Waals surface area contributed by atoms with Crippen molar-refractivity contribution in [3.63, 3.8) is 0 Å². The molecule has 1 aliphatic heterocycles. The number of alkyl halides is 2. The van der Waals surface area contributed by atoms with Gasteiger partial charge in [-0.3, -0.25) is 9.59 Å². The standard InChI is InChI=1S/C27H31F2N3O5/c1-15(2)37-22-11-20-19(10-21(22)23(30)33)17(5-4-16-6-8-26(3,35)9-7-16)13-31-24(20)36-14-18-12-27(28,29)25(34)32-18/h10-11,13,15-16,18,35H,6-9,12,14H2,1-3H3,(H2,30,33)(H,32,34)/t16-,18-,26-/m0/s1. The number of nitrogens with one attached hydrogen (secondary N) is 1. The molecule has 1 atom stereocenters. The second-order valence-corrected chi connectivity index (χ2v) is 10.3. The lowest BCUT2D eigenvalue weighted by Gasteiger charge is -2.30. The van der Waals surface area contributed by atoms with Crippen molar-refractivity contribution in [2.75, 3.05) is 6.61 Å². The molecule has 1 saturated heterocycles. The van der Waals surface area contributed by atoms with Gasteiger partial charge in [-0.05, 0) is 58.6 Å². The maximum absolute atomic E-state index is 13.6. The van der Waals surface area contributed by atoms with Crippen LogP contribution in [0.1, 0.15) is 68.8 Å². The molecule has 2 heterocycles. The summed E-state index contributed by atoms with van der Waals surface area (Å²) in [5.74, 6) is 1.44. The van der Waals surface area contributed by atoms with Gasteiger partial charge in [-0.15, -0.1) is 0 Å². The van der Waals surface area contributed by atoms with Crippen LogP contribution in [-0.4, -0.2) is 52.2 Å². The van der Waals surface area contributed by atoms with Crippen molar-refractivity contribution in [2.45, 2.75) is 76.5 Å². The van der Waals surface area contributed by atoms with Crippen molar-refractivity contribution in [1.29, 1.82) is 0 Å². The van der Waals surface area contributed by atoms with Gasteiger partial charge < -0.3 is 25.6 Å². The van der Waals surface area contributed by atoms with Crippen LogP contribution < -0.4 is 20.5 Å². The first-order valence-electron chi connectivity index (χ1n) is 12.3. The van der Waals surface area contributed by atoms with Crippen LogP contribution >= 0.6 is 0 Å².